The molecule has 0 aromatic carbocycles. The zero-order valence-electron chi connectivity index (χ0n) is 42.8. The Bertz CT molecular complexity index is 899. The number of carbonyl (C=O) groups excluding carboxylic acids is 2. The average Bonchev–Trinajstić information content (AvgIpc) is 3.26. The third-order valence-electron chi connectivity index (χ3n) is 13.2. The number of unbranched alkanes of at least 4 members (excludes halogenated alkanes) is 23. The van der Waals surface area contributed by atoms with Crippen LogP contribution < -0.4 is 0 Å². The number of esters is 2. The minimum absolute atomic E-state index is 0.0319. The Labute approximate surface area is 388 Å². The van der Waals surface area contributed by atoms with E-state index < -0.39 is 0 Å². The number of nitrogens with zero attached hydrogens (tertiary/aromatic N) is 1. The molecule has 0 amide bonds. The molecule has 0 heterocycles. The van der Waals surface area contributed by atoms with Crippen LogP contribution in [0.1, 0.15) is 278 Å². The molecule has 0 saturated carbocycles. The molecule has 0 aliphatic carbocycles. The first-order chi connectivity index (χ1) is 30.4. The summed E-state index contributed by atoms with van der Waals surface area (Å²) in [6.07, 6.45) is 57.4. The Balaban J connectivity index is 4.39. The second-order valence-corrected chi connectivity index (χ2v) is 19.6. The first-order valence-corrected chi connectivity index (χ1v) is 27.6. The highest BCUT2D eigenvalue weighted by molar-refractivity contribution is 5.69. The van der Waals surface area contributed by atoms with E-state index in [-0.39, 0.29) is 11.9 Å². The molecule has 5 heteroatoms. The van der Waals surface area contributed by atoms with Crippen LogP contribution in [0.3, 0.4) is 0 Å². The fraction of sp³-hybridized carbons (Fsp3) is 0.895. The number of ether oxygens (including phenoxy) is 2. The van der Waals surface area contributed by atoms with Gasteiger partial charge < -0.3 is 14.4 Å². The second kappa shape index (κ2) is 48.8. The predicted octanol–water partition coefficient (Wildman–Crippen LogP) is 17.9. The van der Waals surface area contributed by atoms with Crippen LogP contribution in [0.25, 0.3) is 0 Å². The Morgan fingerprint density at radius 3 is 1.02 bits per heavy atom. The standard InChI is InChI=1S/C57H109NO4/c1-7-11-15-27-39-54(40-28-16-12-8-2)46-37-51-61-56(59)48-34-23-19-21-31-43-53(45-33-25-26-36-50-58(5)6)44-32-22-20-24-35-49-57(60)62-52-38-47-55(41-29-17-13-9-3)42-30-18-14-10-4/h37-38,46-47,53-55H,7-36,39-45,48-52H2,1-6H3/b46-37-,47-38-. The van der Waals surface area contributed by atoms with Gasteiger partial charge in [-0.2, -0.15) is 0 Å². The maximum absolute atomic E-state index is 12.4. The van der Waals surface area contributed by atoms with Crippen molar-refractivity contribution in [3.05, 3.63) is 24.3 Å². The first-order valence-electron chi connectivity index (χ1n) is 27.6. The zero-order chi connectivity index (χ0) is 45.4. The second-order valence-electron chi connectivity index (χ2n) is 19.6. The van der Waals surface area contributed by atoms with Crippen molar-refractivity contribution in [2.75, 3.05) is 33.9 Å². The summed E-state index contributed by atoms with van der Waals surface area (Å²) in [5.41, 5.74) is 0. The summed E-state index contributed by atoms with van der Waals surface area (Å²) in [5.74, 6) is 2.05. The molecular formula is C57H109NO4. The van der Waals surface area contributed by atoms with Crippen molar-refractivity contribution in [2.45, 2.75) is 278 Å². The minimum atomic E-state index is -0.0319. The Kier molecular flexibility index (Phi) is 47.6. The predicted molar refractivity (Wildman–Crippen MR) is 272 cm³/mol. The van der Waals surface area contributed by atoms with Gasteiger partial charge in [0.25, 0.3) is 0 Å². The fourth-order valence-corrected chi connectivity index (χ4v) is 9.04. The quantitative estimate of drug-likeness (QED) is 0.0346. The van der Waals surface area contributed by atoms with E-state index in [1.54, 1.807) is 0 Å². The van der Waals surface area contributed by atoms with Crippen LogP contribution in [-0.4, -0.2) is 50.7 Å². The molecule has 0 radical (unpaired) electrons. The van der Waals surface area contributed by atoms with Gasteiger partial charge in [0, 0.05) is 12.8 Å². The molecule has 0 N–H and O–H groups in total. The first kappa shape index (κ1) is 60.4. The highest BCUT2D eigenvalue weighted by atomic mass is 16.5. The van der Waals surface area contributed by atoms with Gasteiger partial charge in [-0.15, -0.1) is 0 Å². The molecule has 0 bridgehead atoms. The number of carbonyl (C=O) groups is 2. The van der Waals surface area contributed by atoms with Crippen molar-refractivity contribution < 1.29 is 19.1 Å². The third-order valence-corrected chi connectivity index (χ3v) is 13.2. The van der Waals surface area contributed by atoms with Gasteiger partial charge in [0.15, 0.2) is 0 Å². The molecule has 0 spiro atoms. The maximum Gasteiger partial charge on any atom is 0.306 e. The van der Waals surface area contributed by atoms with Gasteiger partial charge >= 0.3 is 11.9 Å². The summed E-state index contributed by atoms with van der Waals surface area (Å²) >= 11 is 0. The zero-order valence-corrected chi connectivity index (χ0v) is 42.8. The maximum atomic E-state index is 12.4. The molecule has 0 unspecified atom stereocenters. The van der Waals surface area contributed by atoms with Crippen molar-refractivity contribution in [3.63, 3.8) is 0 Å². The Hall–Kier alpha value is -1.62. The van der Waals surface area contributed by atoms with Crippen molar-refractivity contribution in [2.24, 2.45) is 17.8 Å². The number of hydrogen-bond donors (Lipinski definition) is 0. The van der Waals surface area contributed by atoms with E-state index in [0.29, 0.717) is 37.9 Å². The summed E-state index contributed by atoms with van der Waals surface area (Å²) in [4.78, 5) is 27.2. The lowest BCUT2D eigenvalue weighted by atomic mass is 9.89. The molecule has 0 fully saturated rings. The SMILES string of the molecule is CCCCCCC(/C=C\COC(=O)CCCCCCCC(CCCCCCCC(=O)OC/C=C\C(CCCCCC)CCCCCC)CCCCCCN(C)C)CCCCCC. The summed E-state index contributed by atoms with van der Waals surface area (Å²) < 4.78 is 11.2. The van der Waals surface area contributed by atoms with Crippen LogP contribution in [-0.2, 0) is 19.1 Å². The van der Waals surface area contributed by atoms with Crippen LogP contribution in [0.4, 0.5) is 0 Å². The average molecular weight is 873 g/mol. The molecule has 0 aromatic rings. The van der Waals surface area contributed by atoms with Crippen molar-refractivity contribution >= 4 is 11.9 Å². The Morgan fingerprint density at radius 1 is 0.387 bits per heavy atom. The minimum Gasteiger partial charge on any atom is -0.461 e. The van der Waals surface area contributed by atoms with E-state index in [1.807, 2.05) is 0 Å². The monoisotopic (exact) mass is 872 g/mol. The molecule has 0 aliphatic heterocycles. The molecule has 5 nitrogen and oxygen atoms in total. The lowest BCUT2D eigenvalue weighted by Crippen LogP contribution is -2.12. The molecule has 366 valence electrons. The normalized spacial score (nSPS) is 12.1. The van der Waals surface area contributed by atoms with Gasteiger partial charge in [-0.05, 0) is 83.3 Å². The summed E-state index contributed by atoms with van der Waals surface area (Å²) in [7, 11) is 4.35. The highest BCUT2D eigenvalue weighted by Crippen LogP contribution is 2.25. The van der Waals surface area contributed by atoms with Crippen molar-refractivity contribution in [1.29, 1.82) is 0 Å². The highest BCUT2D eigenvalue weighted by Gasteiger charge is 2.11. The summed E-state index contributed by atoms with van der Waals surface area (Å²) in [6, 6.07) is 0. The molecule has 0 saturated heterocycles. The molecule has 0 rings (SSSR count). The molecule has 0 aromatic heterocycles. The number of rotatable bonds is 49. The number of allylic oxidation sites excluding steroid dienone is 2. The Morgan fingerprint density at radius 2 is 0.677 bits per heavy atom. The largest absolute Gasteiger partial charge is 0.461 e. The molecule has 0 aliphatic rings. The van der Waals surface area contributed by atoms with Gasteiger partial charge in [0.05, 0.1) is 0 Å². The molecule has 0 atom stereocenters. The van der Waals surface area contributed by atoms with E-state index in [4.69, 9.17) is 9.47 Å². The lowest BCUT2D eigenvalue weighted by Gasteiger charge is -2.17. The fourth-order valence-electron chi connectivity index (χ4n) is 9.04. The van der Waals surface area contributed by atoms with Crippen LogP contribution >= 0.6 is 0 Å². The summed E-state index contributed by atoms with van der Waals surface area (Å²) in [6.45, 7) is 11.2. The molecule has 62 heavy (non-hydrogen) atoms. The lowest BCUT2D eigenvalue weighted by molar-refractivity contribution is -0.143. The summed E-state index contributed by atoms with van der Waals surface area (Å²) in [5, 5.41) is 0. The van der Waals surface area contributed by atoms with Gasteiger partial charge in [0.2, 0.25) is 0 Å². The smallest absolute Gasteiger partial charge is 0.306 e. The van der Waals surface area contributed by atoms with Gasteiger partial charge in [-0.1, -0.05) is 245 Å². The van der Waals surface area contributed by atoms with Crippen LogP contribution in [0.5, 0.6) is 0 Å². The van der Waals surface area contributed by atoms with E-state index in [9.17, 15) is 9.59 Å². The van der Waals surface area contributed by atoms with Crippen LogP contribution in [0, 0.1) is 17.8 Å². The molecular weight excluding hydrogens is 763 g/mol. The van der Waals surface area contributed by atoms with Crippen molar-refractivity contribution in [1.82, 2.24) is 4.90 Å². The van der Waals surface area contributed by atoms with Gasteiger partial charge in [0.1, 0.15) is 13.2 Å². The van der Waals surface area contributed by atoms with Crippen LogP contribution in [0.15, 0.2) is 24.3 Å². The van der Waals surface area contributed by atoms with Crippen molar-refractivity contribution in [3.8, 4) is 0 Å². The van der Waals surface area contributed by atoms with E-state index in [2.05, 4.69) is 71.0 Å². The van der Waals surface area contributed by atoms with Gasteiger partial charge in [-0.25, -0.2) is 0 Å². The van der Waals surface area contributed by atoms with Gasteiger partial charge in [-0.3, -0.25) is 9.59 Å². The van der Waals surface area contributed by atoms with Crippen LogP contribution in [0.2, 0.25) is 0 Å². The topological polar surface area (TPSA) is 55.8 Å². The van der Waals surface area contributed by atoms with E-state index >= 15 is 0 Å². The van der Waals surface area contributed by atoms with E-state index in [1.165, 1.54) is 218 Å². The third kappa shape index (κ3) is 45.0. The van der Waals surface area contributed by atoms with E-state index in [0.717, 1.165) is 31.6 Å². The number of hydrogen-bond acceptors (Lipinski definition) is 5.